The molecular weight excluding hydrogens is 433 g/mol. The number of alkyl halides is 3. The number of morpholine rings is 1. The third-order valence-electron chi connectivity index (χ3n) is 5.24. The SMILES string of the molecule is O=C(O)C(F)(F)F.O=C(c1ccoc1)N1CCOC2CC(COCc3ccccn3)CC21. The lowest BCUT2D eigenvalue weighted by atomic mass is 10.1. The number of pyridine rings is 1. The monoisotopic (exact) mass is 456 g/mol. The highest BCUT2D eigenvalue weighted by Crippen LogP contribution is 2.35. The molecule has 0 bridgehead atoms. The molecule has 2 aliphatic rings. The first-order valence-corrected chi connectivity index (χ1v) is 9.98. The summed E-state index contributed by atoms with van der Waals surface area (Å²) in [6, 6.07) is 7.66. The summed E-state index contributed by atoms with van der Waals surface area (Å²) >= 11 is 0. The van der Waals surface area contributed by atoms with Crippen LogP contribution in [0.1, 0.15) is 28.9 Å². The predicted octanol–water partition coefficient (Wildman–Crippen LogP) is 3.14. The number of hydrogen-bond acceptors (Lipinski definition) is 6. The first-order chi connectivity index (χ1) is 15.3. The summed E-state index contributed by atoms with van der Waals surface area (Å²) < 4.78 is 48.5. The van der Waals surface area contributed by atoms with E-state index in [0.29, 0.717) is 37.8 Å². The zero-order valence-corrected chi connectivity index (χ0v) is 17.0. The van der Waals surface area contributed by atoms with E-state index in [9.17, 15) is 18.0 Å². The minimum absolute atomic E-state index is 0.0297. The summed E-state index contributed by atoms with van der Waals surface area (Å²) in [4.78, 5) is 27.8. The molecule has 8 nitrogen and oxygen atoms in total. The molecule has 0 radical (unpaired) electrons. The van der Waals surface area contributed by atoms with Crippen LogP contribution < -0.4 is 0 Å². The second kappa shape index (κ2) is 10.6. The zero-order chi connectivity index (χ0) is 23.1. The molecule has 32 heavy (non-hydrogen) atoms. The molecule has 2 fully saturated rings. The van der Waals surface area contributed by atoms with Crippen LogP contribution in [0.15, 0.2) is 47.4 Å². The summed E-state index contributed by atoms with van der Waals surface area (Å²) in [6.07, 6.45) is 1.69. The van der Waals surface area contributed by atoms with Crippen LogP contribution in [0.2, 0.25) is 0 Å². The van der Waals surface area contributed by atoms with E-state index in [1.807, 2.05) is 23.1 Å². The van der Waals surface area contributed by atoms with Crippen molar-refractivity contribution in [1.82, 2.24) is 9.88 Å². The van der Waals surface area contributed by atoms with Crippen LogP contribution in [-0.2, 0) is 20.9 Å². The Kier molecular flexibility index (Phi) is 7.86. The molecule has 3 heterocycles. The molecular formula is C21H23F3N2O6. The second-order valence-electron chi connectivity index (χ2n) is 7.46. The van der Waals surface area contributed by atoms with E-state index in [0.717, 1.165) is 18.5 Å². The quantitative estimate of drug-likeness (QED) is 0.738. The molecule has 1 N–H and O–H groups in total. The van der Waals surface area contributed by atoms with Crippen LogP contribution in [0, 0.1) is 5.92 Å². The molecule has 1 aliphatic heterocycles. The van der Waals surface area contributed by atoms with Crippen LogP contribution in [0.3, 0.4) is 0 Å². The Balaban J connectivity index is 0.000000360. The van der Waals surface area contributed by atoms with Gasteiger partial charge in [0.15, 0.2) is 0 Å². The third kappa shape index (κ3) is 6.30. The maximum Gasteiger partial charge on any atom is 0.490 e. The molecule has 0 aromatic carbocycles. The number of carbonyl (C=O) groups excluding carboxylic acids is 1. The number of aromatic nitrogens is 1. The number of carboxylic acids is 1. The summed E-state index contributed by atoms with van der Waals surface area (Å²) in [5.41, 5.74) is 1.54. The van der Waals surface area contributed by atoms with E-state index < -0.39 is 12.1 Å². The van der Waals surface area contributed by atoms with Crippen molar-refractivity contribution < 1.29 is 41.8 Å². The number of rotatable bonds is 5. The van der Waals surface area contributed by atoms with E-state index in [-0.39, 0.29) is 18.1 Å². The van der Waals surface area contributed by atoms with Gasteiger partial charge in [0.1, 0.15) is 6.26 Å². The van der Waals surface area contributed by atoms with E-state index in [4.69, 9.17) is 23.8 Å². The van der Waals surface area contributed by atoms with Crippen molar-refractivity contribution in [2.45, 2.75) is 37.8 Å². The van der Waals surface area contributed by atoms with Gasteiger partial charge in [-0.15, -0.1) is 0 Å². The Morgan fingerprint density at radius 1 is 1.25 bits per heavy atom. The number of amides is 1. The highest BCUT2D eigenvalue weighted by atomic mass is 19.4. The molecule has 174 valence electrons. The van der Waals surface area contributed by atoms with Gasteiger partial charge in [-0.3, -0.25) is 9.78 Å². The number of carbonyl (C=O) groups is 2. The molecule has 1 saturated heterocycles. The predicted molar refractivity (Wildman–Crippen MR) is 104 cm³/mol. The summed E-state index contributed by atoms with van der Waals surface area (Å²) in [5.74, 6) is -2.33. The lowest BCUT2D eigenvalue weighted by molar-refractivity contribution is -0.192. The number of halogens is 3. The minimum atomic E-state index is -5.08. The van der Waals surface area contributed by atoms with Gasteiger partial charge in [-0.2, -0.15) is 13.2 Å². The van der Waals surface area contributed by atoms with Crippen molar-refractivity contribution in [2.75, 3.05) is 19.8 Å². The van der Waals surface area contributed by atoms with Gasteiger partial charge >= 0.3 is 12.1 Å². The van der Waals surface area contributed by atoms with Gasteiger partial charge in [-0.1, -0.05) is 6.07 Å². The number of furan rings is 1. The Morgan fingerprint density at radius 2 is 2.03 bits per heavy atom. The summed E-state index contributed by atoms with van der Waals surface area (Å²) in [6.45, 7) is 2.41. The maximum atomic E-state index is 12.7. The van der Waals surface area contributed by atoms with Crippen LogP contribution in [0.5, 0.6) is 0 Å². The molecule has 1 saturated carbocycles. The largest absolute Gasteiger partial charge is 0.490 e. The molecule has 3 atom stereocenters. The van der Waals surface area contributed by atoms with Crippen molar-refractivity contribution in [3.05, 3.63) is 54.2 Å². The van der Waals surface area contributed by atoms with Crippen LogP contribution in [0.25, 0.3) is 0 Å². The average molecular weight is 456 g/mol. The molecule has 1 amide bonds. The van der Waals surface area contributed by atoms with Gasteiger partial charge in [0.2, 0.25) is 0 Å². The average Bonchev–Trinajstić information content (AvgIpc) is 3.43. The van der Waals surface area contributed by atoms with Gasteiger partial charge < -0.3 is 23.9 Å². The van der Waals surface area contributed by atoms with Gasteiger partial charge in [0.25, 0.3) is 5.91 Å². The summed E-state index contributed by atoms with van der Waals surface area (Å²) in [5, 5.41) is 7.12. The molecule has 4 rings (SSSR count). The number of nitrogens with zero attached hydrogens (tertiary/aromatic N) is 2. The molecule has 0 spiro atoms. The topological polar surface area (TPSA) is 102 Å². The van der Waals surface area contributed by atoms with Crippen LogP contribution in [0.4, 0.5) is 13.2 Å². The standard InChI is InChI=1S/C19H22N2O4.C2HF3O2/c22-19(15-4-7-23-12-15)21-6-8-25-18-10-14(9-17(18)21)11-24-13-16-3-1-2-5-20-16;3-2(4,5)1(6)7/h1-5,7,12,14,17-18H,6,8-11,13H2;(H,6,7). The molecule has 11 heteroatoms. The van der Waals surface area contributed by atoms with Crippen molar-refractivity contribution >= 4 is 11.9 Å². The van der Waals surface area contributed by atoms with Gasteiger partial charge in [0.05, 0.1) is 49.5 Å². The number of aliphatic carboxylic acids is 1. The Bertz CT molecular complexity index is 875. The lowest BCUT2D eigenvalue weighted by Crippen LogP contribution is -2.51. The smallest absolute Gasteiger partial charge is 0.475 e. The fourth-order valence-corrected chi connectivity index (χ4v) is 3.80. The number of ether oxygens (including phenoxy) is 2. The minimum Gasteiger partial charge on any atom is -0.475 e. The molecule has 3 unspecified atom stereocenters. The Morgan fingerprint density at radius 3 is 2.66 bits per heavy atom. The van der Waals surface area contributed by atoms with Crippen LogP contribution in [-0.4, -0.2) is 64.9 Å². The maximum absolute atomic E-state index is 12.7. The highest BCUT2D eigenvalue weighted by molar-refractivity contribution is 5.94. The van der Waals surface area contributed by atoms with E-state index in [1.165, 1.54) is 12.5 Å². The first kappa shape index (κ1) is 23.7. The van der Waals surface area contributed by atoms with Crippen LogP contribution >= 0.6 is 0 Å². The number of carboxylic acid groups (broad SMARTS) is 1. The van der Waals surface area contributed by atoms with E-state index in [1.54, 1.807) is 12.3 Å². The highest BCUT2D eigenvalue weighted by Gasteiger charge is 2.43. The summed E-state index contributed by atoms with van der Waals surface area (Å²) in [7, 11) is 0. The fourth-order valence-electron chi connectivity index (χ4n) is 3.80. The molecule has 1 aliphatic carbocycles. The van der Waals surface area contributed by atoms with Crippen molar-refractivity contribution in [2.24, 2.45) is 5.92 Å². The van der Waals surface area contributed by atoms with Crippen molar-refractivity contribution in [1.29, 1.82) is 0 Å². The number of fused-ring (bicyclic) bond motifs is 1. The normalized spacial score (nSPS) is 22.6. The van der Waals surface area contributed by atoms with E-state index >= 15 is 0 Å². The zero-order valence-electron chi connectivity index (χ0n) is 17.0. The lowest BCUT2D eigenvalue weighted by Gasteiger charge is -2.37. The van der Waals surface area contributed by atoms with Gasteiger partial charge in [0, 0.05) is 12.7 Å². The second-order valence-corrected chi connectivity index (χ2v) is 7.46. The van der Waals surface area contributed by atoms with E-state index in [2.05, 4.69) is 4.98 Å². The fraction of sp³-hybridized carbons (Fsp3) is 0.476. The molecule has 2 aromatic rings. The first-order valence-electron chi connectivity index (χ1n) is 9.98. The van der Waals surface area contributed by atoms with Gasteiger partial charge in [-0.05, 0) is 37.0 Å². The van der Waals surface area contributed by atoms with Crippen molar-refractivity contribution in [3.8, 4) is 0 Å². The number of hydrogen-bond donors (Lipinski definition) is 1. The van der Waals surface area contributed by atoms with Gasteiger partial charge in [-0.25, -0.2) is 4.79 Å². The third-order valence-corrected chi connectivity index (χ3v) is 5.24. The Labute approximate surface area is 181 Å². The van der Waals surface area contributed by atoms with Crippen molar-refractivity contribution in [3.63, 3.8) is 0 Å². The molecule has 2 aromatic heterocycles. The Hall–Kier alpha value is -2.92.